The van der Waals surface area contributed by atoms with Gasteiger partial charge in [0.2, 0.25) is 0 Å². The van der Waals surface area contributed by atoms with Crippen molar-refractivity contribution in [2.45, 2.75) is 25.4 Å². The van der Waals surface area contributed by atoms with Crippen molar-refractivity contribution >= 4 is 23.4 Å². The van der Waals surface area contributed by atoms with Crippen LogP contribution in [0, 0.1) is 0 Å². The zero-order chi connectivity index (χ0) is 20.9. The molecule has 154 valence electrons. The van der Waals surface area contributed by atoms with Crippen molar-refractivity contribution < 1.29 is 9.59 Å². The van der Waals surface area contributed by atoms with Gasteiger partial charge in [-0.05, 0) is 36.6 Å². The van der Waals surface area contributed by atoms with Gasteiger partial charge < -0.3 is 10.2 Å². The highest BCUT2D eigenvalue weighted by molar-refractivity contribution is 6.31. The van der Waals surface area contributed by atoms with E-state index < -0.39 is 0 Å². The molecule has 1 aliphatic heterocycles. The third kappa shape index (κ3) is 4.71. The average Bonchev–Trinajstić information content (AvgIpc) is 3.24. The summed E-state index contributed by atoms with van der Waals surface area (Å²) in [5.74, 6) is -0.102. The summed E-state index contributed by atoms with van der Waals surface area (Å²) in [5, 5.41) is 8.06. The molecule has 1 N–H and O–H groups in total. The lowest BCUT2D eigenvalue weighted by Crippen LogP contribution is -2.46. The minimum atomic E-state index is -0.0683. The number of carbonyl (C=O) groups excluding carboxylic acids is 2. The molecule has 0 spiro atoms. The van der Waals surface area contributed by atoms with Crippen LogP contribution in [0.15, 0.2) is 67.0 Å². The van der Waals surface area contributed by atoms with Gasteiger partial charge in [0.25, 0.3) is 11.8 Å². The maximum atomic E-state index is 12.8. The number of hydrogen-bond acceptors (Lipinski definition) is 3. The standard InChI is InChI=1S/C23H23ClN4O2/c24-21-9-5-4-8-18(21)15-28-16-19(14-25-28)23(30)27-12-10-20(11-13-27)26-22(29)17-6-2-1-3-7-17/h1-9,14,16,20H,10-13,15H2,(H,26,29). The Kier molecular flexibility index (Phi) is 6.14. The molecule has 6 nitrogen and oxygen atoms in total. The van der Waals surface area contributed by atoms with Crippen molar-refractivity contribution in [3.05, 3.63) is 88.7 Å². The Labute approximate surface area is 180 Å². The summed E-state index contributed by atoms with van der Waals surface area (Å²) in [5.41, 5.74) is 2.17. The van der Waals surface area contributed by atoms with Gasteiger partial charge >= 0.3 is 0 Å². The fourth-order valence-electron chi connectivity index (χ4n) is 3.63. The first-order valence-electron chi connectivity index (χ1n) is 10.0. The summed E-state index contributed by atoms with van der Waals surface area (Å²) in [4.78, 5) is 27.0. The molecule has 0 saturated carbocycles. The Hall–Kier alpha value is -3.12. The molecule has 2 aromatic carbocycles. The zero-order valence-corrected chi connectivity index (χ0v) is 17.3. The molecule has 1 saturated heterocycles. The van der Waals surface area contributed by atoms with Crippen LogP contribution in [0.25, 0.3) is 0 Å². The van der Waals surface area contributed by atoms with E-state index in [1.165, 1.54) is 0 Å². The van der Waals surface area contributed by atoms with Crippen LogP contribution in [0.1, 0.15) is 39.1 Å². The van der Waals surface area contributed by atoms with Gasteiger partial charge in [0.1, 0.15) is 0 Å². The first kappa shape index (κ1) is 20.2. The monoisotopic (exact) mass is 422 g/mol. The SMILES string of the molecule is O=C(NC1CCN(C(=O)c2cnn(Cc3ccccc3Cl)c2)CC1)c1ccccc1. The number of likely N-dealkylation sites (tertiary alicyclic amines) is 1. The summed E-state index contributed by atoms with van der Waals surface area (Å²) in [6.45, 7) is 1.73. The van der Waals surface area contributed by atoms with E-state index in [1.54, 1.807) is 29.2 Å². The van der Waals surface area contributed by atoms with Gasteiger partial charge in [-0.2, -0.15) is 5.10 Å². The Morgan fingerprint density at radius 2 is 1.70 bits per heavy atom. The Bertz CT molecular complexity index is 1030. The summed E-state index contributed by atoms with van der Waals surface area (Å²) in [7, 11) is 0. The second-order valence-corrected chi connectivity index (χ2v) is 7.83. The van der Waals surface area contributed by atoms with Crippen molar-refractivity contribution in [2.24, 2.45) is 0 Å². The van der Waals surface area contributed by atoms with E-state index in [1.807, 2.05) is 47.4 Å². The molecular formula is C23H23ClN4O2. The molecule has 0 radical (unpaired) electrons. The Morgan fingerprint density at radius 1 is 1.00 bits per heavy atom. The van der Waals surface area contributed by atoms with Crippen molar-refractivity contribution in [1.82, 2.24) is 20.0 Å². The summed E-state index contributed by atoms with van der Waals surface area (Å²) in [6, 6.07) is 16.9. The molecule has 0 aliphatic carbocycles. The van der Waals surface area contributed by atoms with E-state index in [4.69, 9.17) is 11.6 Å². The molecule has 3 aromatic rings. The van der Waals surface area contributed by atoms with Crippen molar-refractivity contribution in [3.63, 3.8) is 0 Å². The fourth-order valence-corrected chi connectivity index (χ4v) is 3.82. The fraction of sp³-hybridized carbons (Fsp3) is 0.261. The highest BCUT2D eigenvalue weighted by atomic mass is 35.5. The number of halogens is 1. The van der Waals surface area contributed by atoms with E-state index in [-0.39, 0.29) is 17.9 Å². The number of aromatic nitrogens is 2. The number of hydrogen-bond donors (Lipinski definition) is 1. The molecule has 2 amide bonds. The van der Waals surface area contributed by atoms with Gasteiger partial charge in [-0.3, -0.25) is 14.3 Å². The molecule has 0 unspecified atom stereocenters. The smallest absolute Gasteiger partial charge is 0.257 e. The van der Waals surface area contributed by atoms with Gasteiger partial charge in [0.05, 0.1) is 18.3 Å². The van der Waals surface area contributed by atoms with Crippen molar-refractivity contribution in [1.29, 1.82) is 0 Å². The third-order valence-corrected chi connectivity index (χ3v) is 5.69. The van der Waals surface area contributed by atoms with Gasteiger partial charge in [-0.25, -0.2) is 0 Å². The van der Waals surface area contributed by atoms with E-state index in [2.05, 4.69) is 10.4 Å². The first-order chi connectivity index (χ1) is 14.6. The average molecular weight is 423 g/mol. The van der Waals surface area contributed by atoms with Crippen LogP contribution in [0.5, 0.6) is 0 Å². The number of nitrogens with one attached hydrogen (secondary N) is 1. The molecule has 4 rings (SSSR count). The van der Waals surface area contributed by atoms with Crippen LogP contribution >= 0.6 is 11.6 Å². The molecule has 7 heteroatoms. The Morgan fingerprint density at radius 3 is 2.43 bits per heavy atom. The van der Waals surface area contributed by atoms with Gasteiger partial charge in [-0.15, -0.1) is 0 Å². The lowest BCUT2D eigenvalue weighted by Gasteiger charge is -2.32. The number of carbonyl (C=O) groups is 2. The molecule has 1 aromatic heterocycles. The zero-order valence-electron chi connectivity index (χ0n) is 16.5. The maximum absolute atomic E-state index is 12.8. The van der Waals surface area contributed by atoms with Gasteiger partial charge in [0, 0.05) is 35.9 Å². The number of rotatable bonds is 5. The lowest BCUT2D eigenvalue weighted by atomic mass is 10.0. The molecule has 1 fully saturated rings. The molecular weight excluding hydrogens is 400 g/mol. The highest BCUT2D eigenvalue weighted by Crippen LogP contribution is 2.18. The first-order valence-corrected chi connectivity index (χ1v) is 10.4. The molecule has 1 aliphatic rings. The number of nitrogens with zero attached hydrogens (tertiary/aromatic N) is 3. The molecule has 30 heavy (non-hydrogen) atoms. The van der Waals surface area contributed by atoms with Crippen LogP contribution in [0.2, 0.25) is 5.02 Å². The van der Waals surface area contributed by atoms with Crippen LogP contribution < -0.4 is 5.32 Å². The minimum Gasteiger partial charge on any atom is -0.349 e. The quantitative estimate of drug-likeness (QED) is 0.682. The van der Waals surface area contributed by atoms with E-state index >= 15 is 0 Å². The van der Waals surface area contributed by atoms with E-state index in [0.717, 1.165) is 18.4 Å². The highest BCUT2D eigenvalue weighted by Gasteiger charge is 2.25. The van der Waals surface area contributed by atoms with Crippen LogP contribution in [-0.4, -0.2) is 45.6 Å². The predicted octanol–water partition coefficient (Wildman–Crippen LogP) is 3.62. The van der Waals surface area contributed by atoms with E-state index in [9.17, 15) is 9.59 Å². The largest absolute Gasteiger partial charge is 0.349 e. The summed E-state index contributed by atoms with van der Waals surface area (Å²) < 4.78 is 1.72. The second kappa shape index (κ2) is 9.13. The molecule has 2 heterocycles. The van der Waals surface area contributed by atoms with Crippen LogP contribution in [0.4, 0.5) is 0 Å². The molecule has 0 bridgehead atoms. The van der Waals surface area contributed by atoms with Crippen LogP contribution in [-0.2, 0) is 6.54 Å². The number of piperidine rings is 1. The summed E-state index contributed by atoms with van der Waals surface area (Å²) >= 11 is 6.21. The second-order valence-electron chi connectivity index (χ2n) is 7.42. The number of amides is 2. The van der Waals surface area contributed by atoms with Gasteiger partial charge in [-0.1, -0.05) is 48.0 Å². The Balaban J connectivity index is 1.31. The predicted molar refractivity (Wildman–Crippen MR) is 116 cm³/mol. The maximum Gasteiger partial charge on any atom is 0.257 e. The topological polar surface area (TPSA) is 67.2 Å². The van der Waals surface area contributed by atoms with Gasteiger partial charge in [0.15, 0.2) is 0 Å². The normalized spacial score (nSPS) is 14.5. The van der Waals surface area contributed by atoms with Crippen molar-refractivity contribution in [2.75, 3.05) is 13.1 Å². The van der Waals surface area contributed by atoms with E-state index in [0.29, 0.717) is 35.8 Å². The third-order valence-electron chi connectivity index (χ3n) is 5.32. The lowest BCUT2D eigenvalue weighted by molar-refractivity contribution is 0.0698. The minimum absolute atomic E-state index is 0.0340. The summed E-state index contributed by atoms with van der Waals surface area (Å²) in [6.07, 6.45) is 4.83. The number of benzene rings is 2. The molecule has 0 atom stereocenters. The van der Waals surface area contributed by atoms with Crippen molar-refractivity contribution in [3.8, 4) is 0 Å². The van der Waals surface area contributed by atoms with Crippen LogP contribution in [0.3, 0.4) is 0 Å².